The van der Waals surface area contributed by atoms with Gasteiger partial charge in [0.2, 0.25) is 0 Å². The second-order valence-corrected chi connectivity index (χ2v) is 6.50. The molecule has 1 aromatic heterocycles. The summed E-state index contributed by atoms with van der Waals surface area (Å²) in [5.41, 5.74) is 2.59. The molecule has 0 fully saturated rings. The van der Waals surface area contributed by atoms with Crippen molar-refractivity contribution in [1.82, 2.24) is 10.4 Å². The minimum atomic E-state index is -3.14. The number of sulfone groups is 1. The molecule has 0 aliphatic rings. The van der Waals surface area contributed by atoms with Gasteiger partial charge in [-0.2, -0.15) is 0 Å². The maximum atomic E-state index is 11.4. The molecular weight excluding hydrogens is 250 g/mol. The summed E-state index contributed by atoms with van der Waals surface area (Å²) in [5.74, 6) is 4.44. The van der Waals surface area contributed by atoms with Gasteiger partial charge in [0.1, 0.15) is 15.6 Å². The molecule has 0 saturated heterocycles. The maximum absolute atomic E-state index is 11.4. The second kappa shape index (κ2) is 4.89. The monoisotopic (exact) mass is 263 g/mol. The Morgan fingerprint density at radius 2 is 2.19 bits per heavy atom. The van der Waals surface area contributed by atoms with E-state index in [2.05, 4.69) is 4.98 Å². The smallest absolute Gasteiger partial charge is 0.277 e. The number of hydrogen-bond donors (Lipinski definition) is 2. The molecule has 1 aromatic rings. The van der Waals surface area contributed by atoms with Crippen molar-refractivity contribution in [2.75, 3.05) is 6.26 Å². The first-order valence-corrected chi connectivity index (χ1v) is 7.42. The average molecular weight is 263 g/mol. The zero-order chi connectivity index (χ0) is 12.3. The van der Waals surface area contributed by atoms with Crippen molar-refractivity contribution in [1.29, 1.82) is 0 Å². The summed E-state index contributed by atoms with van der Waals surface area (Å²) in [6, 6.07) is 0. The van der Waals surface area contributed by atoms with Gasteiger partial charge in [0, 0.05) is 6.26 Å². The Morgan fingerprint density at radius 1 is 1.56 bits per heavy atom. The number of nitrogens with one attached hydrogen (secondary N) is 1. The third kappa shape index (κ3) is 3.26. The SMILES string of the molecule is CCc1nc(CS(C)(=O)=O)sc1C(=O)NN. The number of aromatic nitrogens is 1. The van der Waals surface area contributed by atoms with Crippen LogP contribution in [0.25, 0.3) is 0 Å². The van der Waals surface area contributed by atoms with Crippen LogP contribution in [0.5, 0.6) is 0 Å². The summed E-state index contributed by atoms with van der Waals surface area (Å²) < 4.78 is 22.2. The maximum Gasteiger partial charge on any atom is 0.277 e. The van der Waals surface area contributed by atoms with E-state index >= 15 is 0 Å². The van der Waals surface area contributed by atoms with E-state index in [9.17, 15) is 13.2 Å². The molecule has 0 aliphatic carbocycles. The third-order valence-corrected chi connectivity index (χ3v) is 3.88. The van der Waals surface area contributed by atoms with Crippen LogP contribution in [-0.2, 0) is 22.0 Å². The van der Waals surface area contributed by atoms with Crippen LogP contribution >= 0.6 is 11.3 Å². The van der Waals surface area contributed by atoms with Crippen LogP contribution in [0, 0.1) is 0 Å². The van der Waals surface area contributed by atoms with E-state index in [-0.39, 0.29) is 5.75 Å². The summed E-state index contributed by atoms with van der Waals surface area (Å²) in [7, 11) is -3.14. The number of hydrazine groups is 1. The molecule has 1 amide bonds. The molecule has 1 rings (SSSR count). The molecule has 3 N–H and O–H groups in total. The van der Waals surface area contributed by atoms with E-state index in [1.807, 2.05) is 12.3 Å². The molecule has 0 aromatic carbocycles. The topological polar surface area (TPSA) is 102 Å². The highest BCUT2D eigenvalue weighted by Crippen LogP contribution is 2.20. The molecule has 0 aliphatic heterocycles. The summed E-state index contributed by atoms with van der Waals surface area (Å²) in [6.07, 6.45) is 1.69. The number of nitrogens with zero attached hydrogens (tertiary/aromatic N) is 1. The van der Waals surface area contributed by atoms with Crippen LogP contribution in [0.1, 0.15) is 27.3 Å². The normalized spacial score (nSPS) is 11.4. The van der Waals surface area contributed by atoms with Crippen molar-refractivity contribution in [3.63, 3.8) is 0 Å². The molecule has 0 bridgehead atoms. The number of thiazole rings is 1. The van der Waals surface area contributed by atoms with Gasteiger partial charge in [-0.3, -0.25) is 10.2 Å². The van der Waals surface area contributed by atoms with E-state index in [1.54, 1.807) is 0 Å². The first kappa shape index (κ1) is 13.1. The molecule has 0 atom stereocenters. The fourth-order valence-electron chi connectivity index (χ4n) is 1.17. The number of nitrogens with two attached hydrogens (primary N) is 1. The molecule has 8 heteroatoms. The van der Waals surface area contributed by atoms with Crippen LogP contribution in [0.4, 0.5) is 0 Å². The van der Waals surface area contributed by atoms with E-state index < -0.39 is 15.7 Å². The van der Waals surface area contributed by atoms with Gasteiger partial charge >= 0.3 is 0 Å². The van der Waals surface area contributed by atoms with Gasteiger partial charge in [-0.25, -0.2) is 19.2 Å². The van der Waals surface area contributed by atoms with Gasteiger partial charge in [-0.15, -0.1) is 11.3 Å². The Labute approximate surface area is 97.8 Å². The van der Waals surface area contributed by atoms with Gasteiger partial charge in [0.15, 0.2) is 9.84 Å². The molecule has 0 saturated carbocycles. The highest BCUT2D eigenvalue weighted by atomic mass is 32.2. The van der Waals surface area contributed by atoms with Gasteiger partial charge < -0.3 is 0 Å². The van der Waals surface area contributed by atoms with Crippen LogP contribution in [-0.4, -0.2) is 25.6 Å². The van der Waals surface area contributed by atoms with Crippen molar-refractivity contribution in [3.8, 4) is 0 Å². The van der Waals surface area contributed by atoms with Crippen molar-refractivity contribution in [3.05, 3.63) is 15.6 Å². The number of rotatable bonds is 4. The van der Waals surface area contributed by atoms with Crippen LogP contribution in [0.2, 0.25) is 0 Å². The number of carbonyl (C=O) groups is 1. The fourth-order valence-corrected chi connectivity index (χ4v) is 3.41. The van der Waals surface area contributed by atoms with E-state index in [4.69, 9.17) is 5.84 Å². The van der Waals surface area contributed by atoms with Crippen molar-refractivity contribution < 1.29 is 13.2 Å². The number of amides is 1. The van der Waals surface area contributed by atoms with Gasteiger partial charge in [0.25, 0.3) is 5.91 Å². The zero-order valence-corrected chi connectivity index (χ0v) is 10.6. The summed E-state index contributed by atoms with van der Waals surface area (Å²) in [6.45, 7) is 1.84. The quantitative estimate of drug-likeness (QED) is 0.447. The molecule has 16 heavy (non-hydrogen) atoms. The van der Waals surface area contributed by atoms with Gasteiger partial charge in [-0.05, 0) is 6.42 Å². The Morgan fingerprint density at radius 3 is 2.62 bits per heavy atom. The van der Waals surface area contributed by atoms with E-state index in [0.29, 0.717) is 22.0 Å². The summed E-state index contributed by atoms with van der Waals surface area (Å²) in [5, 5.41) is 0.415. The molecule has 0 radical (unpaired) electrons. The van der Waals surface area contributed by atoms with Crippen molar-refractivity contribution in [2.45, 2.75) is 19.1 Å². The molecule has 90 valence electrons. The first-order valence-electron chi connectivity index (χ1n) is 4.54. The lowest BCUT2D eigenvalue weighted by Gasteiger charge is -1.95. The molecular formula is C8H13N3O3S2. The number of aryl methyl sites for hydroxylation is 1. The van der Waals surface area contributed by atoms with E-state index in [1.165, 1.54) is 0 Å². The van der Waals surface area contributed by atoms with E-state index in [0.717, 1.165) is 17.6 Å². The lowest BCUT2D eigenvalue weighted by molar-refractivity contribution is 0.0956. The predicted octanol–water partition coefficient (Wildman–Crippen LogP) is -0.146. The average Bonchev–Trinajstić information content (AvgIpc) is 2.57. The van der Waals surface area contributed by atoms with Crippen molar-refractivity contribution >= 4 is 27.1 Å². The Hall–Kier alpha value is -0.990. The molecule has 1 heterocycles. The number of carbonyl (C=O) groups excluding carboxylic acids is 1. The lowest BCUT2D eigenvalue weighted by atomic mass is 10.3. The summed E-state index contributed by atoms with van der Waals surface area (Å²) in [4.78, 5) is 15.8. The standard InChI is InChI=1S/C8H13N3O3S2/c1-3-5-7(8(12)11-9)15-6(10-5)4-16(2,13)14/h3-4,9H2,1-2H3,(H,11,12). The lowest BCUT2D eigenvalue weighted by Crippen LogP contribution is -2.30. The third-order valence-electron chi connectivity index (χ3n) is 1.80. The van der Waals surface area contributed by atoms with Crippen molar-refractivity contribution in [2.24, 2.45) is 5.84 Å². The minimum absolute atomic E-state index is 0.150. The van der Waals surface area contributed by atoms with Crippen LogP contribution < -0.4 is 11.3 Å². The number of nitrogen functional groups attached to an aromatic ring is 1. The van der Waals surface area contributed by atoms with Gasteiger partial charge in [-0.1, -0.05) is 6.92 Å². The first-order chi connectivity index (χ1) is 7.37. The largest absolute Gasteiger partial charge is 0.289 e. The molecule has 6 nitrogen and oxygen atoms in total. The Kier molecular flexibility index (Phi) is 4.00. The molecule has 0 unspecified atom stereocenters. The summed E-state index contributed by atoms with van der Waals surface area (Å²) >= 11 is 1.06. The fraction of sp³-hybridized carbons (Fsp3) is 0.500. The minimum Gasteiger partial charge on any atom is -0.289 e. The Balaban J connectivity index is 3.08. The number of hydrogen-bond acceptors (Lipinski definition) is 6. The predicted molar refractivity (Wildman–Crippen MR) is 61.7 cm³/mol. The highest BCUT2D eigenvalue weighted by Gasteiger charge is 2.18. The Bertz CT molecular complexity index is 493. The second-order valence-electron chi connectivity index (χ2n) is 3.28. The highest BCUT2D eigenvalue weighted by molar-refractivity contribution is 7.90. The van der Waals surface area contributed by atoms with Gasteiger partial charge in [0.05, 0.1) is 5.69 Å². The molecule has 0 spiro atoms. The van der Waals surface area contributed by atoms with Crippen LogP contribution in [0.3, 0.4) is 0 Å². The van der Waals surface area contributed by atoms with Crippen LogP contribution in [0.15, 0.2) is 0 Å². The zero-order valence-electron chi connectivity index (χ0n) is 8.98.